The number of fused-ring (bicyclic) bond motifs is 3. The van der Waals surface area contributed by atoms with Gasteiger partial charge in [0.25, 0.3) is 0 Å². The van der Waals surface area contributed by atoms with Crippen LogP contribution in [0.3, 0.4) is 0 Å². The number of imidazole rings is 1. The summed E-state index contributed by atoms with van der Waals surface area (Å²) in [5.74, 6) is 1.84. The van der Waals surface area contributed by atoms with Crippen LogP contribution >= 0.6 is 0 Å². The lowest BCUT2D eigenvalue weighted by Gasteiger charge is -2.46. The first-order chi connectivity index (χ1) is 18.6. The van der Waals surface area contributed by atoms with Gasteiger partial charge in [-0.05, 0) is 81.5 Å². The van der Waals surface area contributed by atoms with Crippen LogP contribution in [0, 0.1) is 18.4 Å². The molecule has 1 aromatic heterocycles. The molecule has 198 valence electrons. The van der Waals surface area contributed by atoms with E-state index in [1.807, 2.05) is 6.19 Å². The second-order valence-corrected chi connectivity index (χ2v) is 11.4. The van der Waals surface area contributed by atoms with Gasteiger partial charge in [-0.3, -0.25) is 15.2 Å². The molecule has 3 fully saturated rings. The van der Waals surface area contributed by atoms with Crippen molar-refractivity contribution in [3.8, 4) is 6.19 Å². The van der Waals surface area contributed by atoms with Gasteiger partial charge in [-0.1, -0.05) is 42.5 Å². The Bertz CT molecular complexity index is 1320. The van der Waals surface area contributed by atoms with Crippen LogP contribution in [-0.4, -0.2) is 64.1 Å². The Morgan fingerprint density at radius 1 is 1.03 bits per heavy atom. The summed E-state index contributed by atoms with van der Waals surface area (Å²) < 4.78 is 2.53. The van der Waals surface area contributed by atoms with Crippen LogP contribution in [0.25, 0.3) is 11.0 Å². The van der Waals surface area contributed by atoms with Crippen LogP contribution in [0.2, 0.25) is 0 Å². The number of rotatable bonds is 5. The molecule has 38 heavy (non-hydrogen) atoms. The number of hydrogen-bond acceptors (Lipinski definition) is 4. The first kappa shape index (κ1) is 24.9. The lowest BCUT2D eigenvalue weighted by Crippen LogP contribution is -2.50. The minimum Gasteiger partial charge on any atom is -0.342 e. The SMILES string of the molecule is CN=C(NC#N)N1CCC(CCN2C3CC[C@H]2CC(n2c(C)nc4ccccc42)C3)(c2ccccc2)CC1. The minimum absolute atomic E-state index is 0.163. The average molecular weight is 510 g/mol. The Labute approximate surface area is 226 Å². The summed E-state index contributed by atoms with van der Waals surface area (Å²) in [6.07, 6.45) is 10.5. The minimum atomic E-state index is 0.163. The normalized spacial score (nSPS) is 25.4. The van der Waals surface area contributed by atoms with Gasteiger partial charge in [-0.25, -0.2) is 4.98 Å². The van der Waals surface area contributed by atoms with Crippen molar-refractivity contribution >= 4 is 17.0 Å². The summed E-state index contributed by atoms with van der Waals surface area (Å²) in [6, 6.07) is 21.6. The maximum absolute atomic E-state index is 9.13. The molecule has 3 atom stereocenters. The van der Waals surface area contributed by atoms with Crippen molar-refractivity contribution < 1.29 is 0 Å². The van der Waals surface area contributed by atoms with E-state index in [0.717, 1.165) is 43.8 Å². The third-order valence-electron chi connectivity index (χ3n) is 9.63. The third-order valence-corrected chi connectivity index (χ3v) is 9.63. The molecule has 0 saturated carbocycles. The van der Waals surface area contributed by atoms with Gasteiger partial charge in [0.15, 0.2) is 6.19 Å². The molecular formula is C31H39N7. The van der Waals surface area contributed by atoms with Crippen molar-refractivity contribution in [2.75, 3.05) is 26.7 Å². The molecule has 2 unspecified atom stereocenters. The van der Waals surface area contributed by atoms with Crippen LogP contribution < -0.4 is 5.32 Å². The lowest BCUT2D eigenvalue weighted by molar-refractivity contribution is 0.0887. The monoisotopic (exact) mass is 509 g/mol. The molecule has 3 saturated heterocycles. The maximum Gasteiger partial charge on any atom is 0.207 e. The van der Waals surface area contributed by atoms with Crippen molar-refractivity contribution in [3.63, 3.8) is 0 Å². The number of likely N-dealkylation sites (tertiary alicyclic amines) is 1. The number of guanidine groups is 1. The maximum atomic E-state index is 9.13. The number of benzene rings is 2. The first-order valence-electron chi connectivity index (χ1n) is 14.2. The van der Waals surface area contributed by atoms with Crippen LogP contribution in [0.5, 0.6) is 0 Å². The number of aromatic nitrogens is 2. The lowest BCUT2D eigenvalue weighted by atomic mass is 9.70. The predicted octanol–water partition coefficient (Wildman–Crippen LogP) is 4.99. The fourth-order valence-electron chi connectivity index (χ4n) is 7.74. The van der Waals surface area contributed by atoms with Gasteiger partial charge in [-0.15, -0.1) is 0 Å². The summed E-state index contributed by atoms with van der Waals surface area (Å²) >= 11 is 0. The van der Waals surface area contributed by atoms with Crippen LogP contribution in [-0.2, 0) is 5.41 Å². The molecule has 0 radical (unpaired) electrons. The Morgan fingerprint density at radius 3 is 2.39 bits per heavy atom. The number of piperidine rings is 2. The summed E-state index contributed by atoms with van der Waals surface area (Å²) in [5.41, 5.74) is 4.04. The molecule has 3 aromatic rings. The average Bonchev–Trinajstić information content (AvgIpc) is 3.42. The van der Waals surface area contributed by atoms with Crippen LogP contribution in [0.15, 0.2) is 59.6 Å². The van der Waals surface area contributed by atoms with Crippen molar-refractivity contribution in [2.45, 2.75) is 75.4 Å². The number of aliphatic imine (C=N–C) groups is 1. The number of nitrogens with one attached hydrogen (secondary N) is 1. The second-order valence-electron chi connectivity index (χ2n) is 11.4. The van der Waals surface area contributed by atoms with Crippen molar-refractivity contribution in [1.29, 1.82) is 5.26 Å². The Morgan fingerprint density at radius 2 is 1.71 bits per heavy atom. The van der Waals surface area contributed by atoms with Gasteiger partial charge in [0.2, 0.25) is 5.96 Å². The highest BCUT2D eigenvalue weighted by molar-refractivity contribution is 5.81. The van der Waals surface area contributed by atoms with Crippen LogP contribution in [0.4, 0.5) is 0 Å². The van der Waals surface area contributed by atoms with E-state index in [4.69, 9.17) is 10.2 Å². The molecule has 3 aliphatic rings. The number of nitrogens with zero attached hydrogens (tertiary/aromatic N) is 6. The Kier molecular flexibility index (Phi) is 6.84. The molecule has 2 bridgehead atoms. The van der Waals surface area contributed by atoms with Gasteiger partial charge >= 0.3 is 0 Å². The highest BCUT2D eigenvalue weighted by Gasteiger charge is 2.44. The van der Waals surface area contributed by atoms with Crippen LogP contribution in [0.1, 0.15) is 62.4 Å². The molecule has 6 rings (SSSR count). The fourth-order valence-corrected chi connectivity index (χ4v) is 7.74. The topological polar surface area (TPSA) is 72.5 Å². The first-order valence-corrected chi connectivity index (χ1v) is 14.2. The molecule has 7 heteroatoms. The van der Waals surface area contributed by atoms with E-state index in [9.17, 15) is 0 Å². The van der Waals surface area contributed by atoms with Gasteiger partial charge in [0.05, 0.1) is 11.0 Å². The molecule has 0 amide bonds. The van der Waals surface area contributed by atoms with E-state index < -0.39 is 0 Å². The van der Waals surface area contributed by atoms with Crippen molar-refractivity contribution in [1.82, 2.24) is 24.7 Å². The predicted molar refractivity (Wildman–Crippen MR) is 152 cm³/mol. The summed E-state index contributed by atoms with van der Waals surface area (Å²) in [7, 11) is 1.76. The van der Waals surface area contributed by atoms with Gasteiger partial charge in [0.1, 0.15) is 5.82 Å². The van der Waals surface area contributed by atoms with E-state index in [2.05, 4.69) is 86.2 Å². The Balaban J connectivity index is 1.18. The molecule has 2 aromatic carbocycles. The smallest absolute Gasteiger partial charge is 0.207 e. The molecule has 7 nitrogen and oxygen atoms in total. The summed E-state index contributed by atoms with van der Waals surface area (Å²) in [6.45, 7) is 5.16. The fraction of sp³-hybridized carbons (Fsp3) is 0.516. The standard InChI is InChI=1S/C31H39N7/c1-23-35-28-10-6-7-11-29(28)38(23)27-20-25-12-13-26(21-27)37(25)19-16-31(24-8-4-3-5-9-24)14-17-36(18-15-31)30(33-2)34-22-32/h3-11,25-27H,12-21H2,1-2H3,(H,33,34)/t25-,26?,27?/m0/s1. The molecule has 0 spiro atoms. The number of aryl methyl sites for hydroxylation is 1. The Hall–Kier alpha value is -3.37. The third kappa shape index (κ3) is 4.45. The van der Waals surface area contributed by atoms with Gasteiger partial charge < -0.3 is 9.47 Å². The number of nitriles is 1. The van der Waals surface area contributed by atoms with Gasteiger partial charge in [0, 0.05) is 38.3 Å². The molecule has 0 aliphatic carbocycles. The largest absolute Gasteiger partial charge is 0.342 e. The van der Waals surface area contributed by atoms with E-state index in [0.29, 0.717) is 24.1 Å². The van der Waals surface area contributed by atoms with E-state index >= 15 is 0 Å². The van der Waals surface area contributed by atoms with E-state index in [1.54, 1.807) is 7.05 Å². The summed E-state index contributed by atoms with van der Waals surface area (Å²) in [5, 5.41) is 11.9. The van der Waals surface area contributed by atoms with Gasteiger partial charge in [-0.2, -0.15) is 5.26 Å². The zero-order valence-corrected chi connectivity index (χ0v) is 22.7. The van der Waals surface area contributed by atoms with Crippen molar-refractivity contribution in [3.05, 3.63) is 66.0 Å². The van der Waals surface area contributed by atoms with Crippen molar-refractivity contribution in [2.24, 2.45) is 4.99 Å². The zero-order valence-electron chi connectivity index (χ0n) is 22.7. The molecule has 3 aliphatic heterocycles. The second kappa shape index (κ2) is 10.4. The molecule has 4 heterocycles. The molecular weight excluding hydrogens is 470 g/mol. The molecule has 1 N–H and O–H groups in total. The van der Waals surface area contributed by atoms with E-state index in [1.165, 1.54) is 43.2 Å². The summed E-state index contributed by atoms with van der Waals surface area (Å²) in [4.78, 5) is 14.3. The van der Waals surface area contributed by atoms with E-state index in [-0.39, 0.29) is 5.41 Å². The number of hydrogen-bond donors (Lipinski definition) is 1. The number of para-hydroxylation sites is 2. The highest BCUT2D eigenvalue weighted by atomic mass is 15.3. The highest BCUT2D eigenvalue weighted by Crippen LogP contribution is 2.45. The quantitative estimate of drug-likeness (QED) is 0.227. The zero-order chi connectivity index (χ0) is 26.1.